The number of Topliss-reactive ketones (excluding diaryl/α,β-unsaturated/α-hetero) is 1. The van der Waals surface area contributed by atoms with Crippen LogP contribution in [0.1, 0.15) is 44.9 Å². The van der Waals surface area contributed by atoms with Crippen LogP contribution < -0.4 is 0 Å². The maximum absolute atomic E-state index is 12.9. The summed E-state index contributed by atoms with van der Waals surface area (Å²) in [5.41, 5.74) is 1.65. The van der Waals surface area contributed by atoms with Crippen LogP contribution in [0.5, 0.6) is 0 Å². The van der Waals surface area contributed by atoms with E-state index in [4.69, 9.17) is 4.74 Å². The Morgan fingerprint density at radius 1 is 1.29 bits per heavy atom. The molecule has 2 aromatic rings. The van der Waals surface area contributed by atoms with Gasteiger partial charge in [0.15, 0.2) is 5.78 Å². The van der Waals surface area contributed by atoms with Crippen molar-refractivity contribution in [2.75, 3.05) is 13.7 Å². The van der Waals surface area contributed by atoms with E-state index in [1.54, 1.807) is 7.11 Å². The third-order valence-corrected chi connectivity index (χ3v) is 5.25. The van der Waals surface area contributed by atoms with Crippen LogP contribution in [0.25, 0.3) is 0 Å². The average molecular weight is 343 g/mol. The molecule has 1 aromatic carbocycles. The second kappa shape index (κ2) is 7.73. The van der Waals surface area contributed by atoms with Crippen molar-refractivity contribution >= 4 is 23.0 Å². The molecule has 126 valence electrons. The minimum absolute atomic E-state index is 0.00168. The Labute approximate surface area is 146 Å². The van der Waals surface area contributed by atoms with Crippen LogP contribution in [0.15, 0.2) is 41.8 Å². The quantitative estimate of drug-likeness (QED) is 0.750. The van der Waals surface area contributed by atoms with Crippen LogP contribution in [-0.2, 0) is 11.3 Å². The SMILES string of the molecule is COCc1cccc(C(=O)N2CCC[C@@H]2CC(=O)c2cccs2)c1. The molecule has 1 atom stereocenters. The van der Waals surface area contributed by atoms with Gasteiger partial charge in [0.25, 0.3) is 5.91 Å². The van der Waals surface area contributed by atoms with Gasteiger partial charge in [-0.1, -0.05) is 18.2 Å². The predicted molar refractivity (Wildman–Crippen MR) is 94.5 cm³/mol. The molecule has 0 N–H and O–H groups in total. The highest BCUT2D eigenvalue weighted by molar-refractivity contribution is 7.12. The number of carbonyl (C=O) groups is 2. The number of ketones is 1. The Morgan fingerprint density at radius 3 is 2.92 bits per heavy atom. The highest BCUT2D eigenvalue weighted by Crippen LogP contribution is 2.25. The molecule has 0 radical (unpaired) electrons. The number of nitrogens with zero attached hydrogens (tertiary/aromatic N) is 1. The molecule has 3 rings (SSSR count). The fraction of sp³-hybridized carbons (Fsp3) is 0.368. The molecule has 0 unspecified atom stereocenters. The molecule has 0 saturated carbocycles. The summed E-state index contributed by atoms with van der Waals surface area (Å²) in [6.45, 7) is 1.21. The third kappa shape index (κ3) is 3.74. The van der Waals surface area contributed by atoms with Crippen molar-refractivity contribution in [3.05, 3.63) is 57.8 Å². The summed E-state index contributed by atoms with van der Waals surface area (Å²) in [6.07, 6.45) is 2.25. The van der Waals surface area contributed by atoms with E-state index in [1.807, 2.05) is 46.7 Å². The zero-order valence-electron chi connectivity index (χ0n) is 13.7. The van der Waals surface area contributed by atoms with Gasteiger partial charge < -0.3 is 9.64 Å². The fourth-order valence-corrected chi connectivity index (χ4v) is 3.87. The number of likely N-dealkylation sites (tertiary alicyclic amines) is 1. The van der Waals surface area contributed by atoms with Gasteiger partial charge in [0, 0.05) is 31.7 Å². The second-order valence-corrected chi connectivity index (χ2v) is 6.98. The Kier molecular flexibility index (Phi) is 5.43. The molecule has 0 spiro atoms. The Hall–Kier alpha value is -1.98. The molecule has 24 heavy (non-hydrogen) atoms. The van der Waals surface area contributed by atoms with Crippen LogP contribution in [0, 0.1) is 0 Å². The second-order valence-electron chi connectivity index (χ2n) is 6.03. The number of hydrogen-bond donors (Lipinski definition) is 0. The van der Waals surface area contributed by atoms with E-state index in [0.717, 1.165) is 29.8 Å². The first-order chi connectivity index (χ1) is 11.7. The standard InChI is InChI=1S/C19H21NO3S/c1-23-13-14-5-2-6-15(11-14)19(22)20-9-3-7-16(20)12-17(21)18-8-4-10-24-18/h2,4-6,8,10-11,16H,3,7,9,12-13H2,1H3/t16-/m1/s1. The van der Waals surface area contributed by atoms with Crippen LogP contribution in [0.4, 0.5) is 0 Å². The van der Waals surface area contributed by atoms with E-state index in [-0.39, 0.29) is 17.7 Å². The van der Waals surface area contributed by atoms with Crippen LogP contribution in [0.3, 0.4) is 0 Å². The predicted octanol–water partition coefficient (Wildman–Crippen LogP) is 3.77. The van der Waals surface area contributed by atoms with Crippen molar-refractivity contribution in [1.82, 2.24) is 4.90 Å². The van der Waals surface area contributed by atoms with Gasteiger partial charge in [0.05, 0.1) is 11.5 Å². The Morgan fingerprint density at radius 2 is 2.17 bits per heavy atom. The van der Waals surface area contributed by atoms with Gasteiger partial charge in [-0.15, -0.1) is 11.3 Å². The maximum atomic E-state index is 12.9. The number of hydrogen-bond acceptors (Lipinski definition) is 4. The Balaban J connectivity index is 1.71. The van der Waals surface area contributed by atoms with Gasteiger partial charge >= 0.3 is 0 Å². The van der Waals surface area contributed by atoms with Gasteiger partial charge in [-0.3, -0.25) is 9.59 Å². The van der Waals surface area contributed by atoms with Crippen molar-refractivity contribution in [1.29, 1.82) is 0 Å². The van der Waals surface area contributed by atoms with Crippen LogP contribution in [-0.4, -0.2) is 36.3 Å². The van der Waals surface area contributed by atoms with Crippen LogP contribution >= 0.6 is 11.3 Å². The van der Waals surface area contributed by atoms with Gasteiger partial charge in [0.2, 0.25) is 0 Å². The molecule has 1 fully saturated rings. The first-order valence-corrected chi connectivity index (χ1v) is 9.02. The van der Waals surface area contributed by atoms with Crippen molar-refractivity contribution in [2.45, 2.75) is 31.9 Å². The molecule has 4 nitrogen and oxygen atoms in total. The maximum Gasteiger partial charge on any atom is 0.254 e. The first-order valence-electron chi connectivity index (χ1n) is 8.14. The monoisotopic (exact) mass is 343 g/mol. The lowest BCUT2D eigenvalue weighted by Gasteiger charge is -2.24. The van der Waals surface area contributed by atoms with Crippen molar-refractivity contribution in [3.63, 3.8) is 0 Å². The van der Waals surface area contributed by atoms with E-state index in [0.29, 0.717) is 18.6 Å². The summed E-state index contributed by atoms with van der Waals surface area (Å²) in [5.74, 6) is 0.136. The van der Waals surface area contributed by atoms with Gasteiger partial charge in [-0.05, 0) is 42.0 Å². The van der Waals surface area contributed by atoms with Crippen LogP contribution in [0.2, 0.25) is 0 Å². The highest BCUT2D eigenvalue weighted by Gasteiger charge is 2.31. The molecule has 0 bridgehead atoms. The van der Waals surface area contributed by atoms with Crippen molar-refractivity contribution in [3.8, 4) is 0 Å². The topological polar surface area (TPSA) is 46.6 Å². The summed E-state index contributed by atoms with van der Waals surface area (Å²) in [5, 5.41) is 1.91. The number of amides is 1. The largest absolute Gasteiger partial charge is 0.380 e. The molecular weight excluding hydrogens is 322 g/mol. The molecule has 1 aliphatic rings. The molecule has 2 heterocycles. The van der Waals surface area contributed by atoms with E-state index >= 15 is 0 Å². The minimum Gasteiger partial charge on any atom is -0.380 e. The summed E-state index contributed by atoms with van der Waals surface area (Å²) in [6, 6.07) is 11.3. The lowest BCUT2D eigenvalue weighted by molar-refractivity contribution is 0.0717. The summed E-state index contributed by atoms with van der Waals surface area (Å²) in [7, 11) is 1.64. The smallest absolute Gasteiger partial charge is 0.254 e. The molecule has 0 aliphatic carbocycles. The van der Waals surface area contributed by atoms with Gasteiger partial charge in [-0.2, -0.15) is 0 Å². The first kappa shape index (κ1) is 16.9. The zero-order chi connectivity index (χ0) is 16.9. The Bertz CT molecular complexity index is 711. The normalized spacial score (nSPS) is 17.2. The van der Waals surface area contributed by atoms with E-state index < -0.39 is 0 Å². The number of benzene rings is 1. The van der Waals surface area contributed by atoms with E-state index in [9.17, 15) is 9.59 Å². The molecule has 1 aliphatic heterocycles. The highest BCUT2D eigenvalue weighted by atomic mass is 32.1. The minimum atomic E-state index is -0.00168. The van der Waals surface area contributed by atoms with E-state index in [1.165, 1.54) is 11.3 Å². The average Bonchev–Trinajstić information content (AvgIpc) is 3.26. The van der Waals surface area contributed by atoms with Gasteiger partial charge in [0.1, 0.15) is 0 Å². The summed E-state index contributed by atoms with van der Waals surface area (Å²) >= 11 is 1.46. The van der Waals surface area contributed by atoms with Crippen molar-refractivity contribution in [2.24, 2.45) is 0 Å². The van der Waals surface area contributed by atoms with Crippen molar-refractivity contribution < 1.29 is 14.3 Å². The van der Waals surface area contributed by atoms with Gasteiger partial charge in [-0.25, -0.2) is 0 Å². The number of methoxy groups -OCH3 is 1. The molecule has 1 saturated heterocycles. The number of ether oxygens (including phenoxy) is 1. The molecule has 5 heteroatoms. The zero-order valence-corrected chi connectivity index (χ0v) is 14.6. The lowest BCUT2D eigenvalue weighted by Crippen LogP contribution is -2.36. The molecular formula is C19H21NO3S. The third-order valence-electron chi connectivity index (χ3n) is 4.34. The molecule has 1 amide bonds. The number of rotatable bonds is 6. The lowest BCUT2D eigenvalue weighted by atomic mass is 10.1. The summed E-state index contributed by atoms with van der Waals surface area (Å²) in [4.78, 5) is 27.9. The number of thiophene rings is 1. The summed E-state index contributed by atoms with van der Waals surface area (Å²) < 4.78 is 5.13. The fourth-order valence-electron chi connectivity index (χ4n) is 3.19. The number of carbonyl (C=O) groups excluding carboxylic acids is 2. The van der Waals surface area contributed by atoms with E-state index in [2.05, 4.69) is 0 Å². The molecule has 1 aromatic heterocycles.